The van der Waals surface area contributed by atoms with Gasteiger partial charge in [-0.15, -0.1) is 0 Å². The topological polar surface area (TPSA) is 69.6 Å². The number of nitrogens with zero attached hydrogens (tertiary/aromatic N) is 5. The molecule has 0 saturated carbocycles. The van der Waals surface area contributed by atoms with Crippen molar-refractivity contribution in [3.8, 4) is 0 Å². The second-order valence-electron chi connectivity index (χ2n) is 8.79. The van der Waals surface area contributed by atoms with Gasteiger partial charge in [0.2, 0.25) is 11.8 Å². The maximum Gasteiger partial charge on any atom is 0.227 e. The first-order valence-corrected chi connectivity index (χ1v) is 11.3. The van der Waals surface area contributed by atoms with Crippen molar-refractivity contribution in [3.63, 3.8) is 0 Å². The van der Waals surface area contributed by atoms with E-state index in [4.69, 9.17) is 9.97 Å². The third-order valence-electron chi connectivity index (χ3n) is 6.40. The lowest BCUT2D eigenvalue weighted by Gasteiger charge is -2.31. The van der Waals surface area contributed by atoms with Crippen molar-refractivity contribution in [1.29, 1.82) is 0 Å². The van der Waals surface area contributed by atoms with Crippen LogP contribution in [0.15, 0.2) is 30.3 Å². The summed E-state index contributed by atoms with van der Waals surface area (Å²) >= 11 is 0. The summed E-state index contributed by atoms with van der Waals surface area (Å²) in [5.74, 6) is 1.65. The number of hydrogen-bond acceptors (Lipinski definition) is 5. The normalized spacial score (nSPS) is 19.5. The second-order valence-corrected chi connectivity index (χ2v) is 8.79. The van der Waals surface area contributed by atoms with E-state index >= 15 is 0 Å². The van der Waals surface area contributed by atoms with Gasteiger partial charge in [-0.05, 0) is 37.1 Å². The highest BCUT2D eigenvalue weighted by atomic mass is 19.1. The van der Waals surface area contributed by atoms with Crippen LogP contribution in [0, 0.1) is 5.82 Å². The van der Waals surface area contributed by atoms with Crippen LogP contribution < -0.4 is 9.80 Å². The van der Waals surface area contributed by atoms with E-state index in [9.17, 15) is 14.0 Å². The van der Waals surface area contributed by atoms with Gasteiger partial charge in [-0.1, -0.05) is 6.92 Å². The number of carbonyl (C=O) groups excluding carboxylic acids is 2. The van der Waals surface area contributed by atoms with E-state index in [0.29, 0.717) is 25.1 Å². The molecule has 2 fully saturated rings. The predicted octanol–water partition coefficient (Wildman–Crippen LogP) is 3.32. The number of rotatable bonds is 5. The smallest absolute Gasteiger partial charge is 0.227 e. The van der Waals surface area contributed by atoms with Crippen LogP contribution in [0.2, 0.25) is 0 Å². The quantitative estimate of drug-likeness (QED) is 0.715. The summed E-state index contributed by atoms with van der Waals surface area (Å²) in [6, 6.07) is 7.98. The molecule has 1 aromatic carbocycles. The van der Waals surface area contributed by atoms with Crippen molar-refractivity contribution in [2.45, 2.75) is 44.4 Å². The Morgan fingerprint density at radius 1 is 1.12 bits per heavy atom. The molecule has 3 heterocycles. The van der Waals surface area contributed by atoms with Gasteiger partial charge < -0.3 is 14.7 Å². The Kier molecular flexibility index (Phi) is 6.39. The van der Waals surface area contributed by atoms with Crippen molar-refractivity contribution in [2.75, 3.05) is 43.5 Å². The van der Waals surface area contributed by atoms with Crippen LogP contribution in [-0.2, 0) is 9.59 Å². The fraction of sp³-hybridized carbons (Fsp3) is 0.500. The van der Waals surface area contributed by atoms with Gasteiger partial charge in [-0.3, -0.25) is 9.59 Å². The van der Waals surface area contributed by atoms with Crippen molar-refractivity contribution in [1.82, 2.24) is 14.9 Å². The van der Waals surface area contributed by atoms with Crippen LogP contribution >= 0.6 is 0 Å². The number of halogens is 1. The first-order chi connectivity index (χ1) is 15.4. The van der Waals surface area contributed by atoms with E-state index in [1.165, 1.54) is 12.1 Å². The molecule has 0 bridgehead atoms. The minimum Gasteiger partial charge on any atom is -0.363 e. The molecule has 0 spiro atoms. The van der Waals surface area contributed by atoms with Crippen molar-refractivity contribution in [3.05, 3.63) is 47.7 Å². The van der Waals surface area contributed by atoms with Crippen LogP contribution in [0.1, 0.15) is 56.0 Å². The van der Waals surface area contributed by atoms with E-state index in [0.717, 1.165) is 43.3 Å². The molecule has 32 heavy (non-hydrogen) atoms. The molecule has 0 aliphatic carbocycles. The van der Waals surface area contributed by atoms with Crippen LogP contribution in [0.3, 0.4) is 0 Å². The molecule has 7 nitrogen and oxygen atoms in total. The molecule has 0 N–H and O–H groups in total. The summed E-state index contributed by atoms with van der Waals surface area (Å²) in [6.07, 6.45) is 2.58. The average Bonchev–Trinajstić information content (AvgIpc) is 3.20. The highest BCUT2D eigenvalue weighted by Crippen LogP contribution is 2.34. The molecule has 0 radical (unpaired) electrons. The summed E-state index contributed by atoms with van der Waals surface area (Å²) in [5, 5.41) is 0. The van der Waals surface area contributed by atoms with Crippen LogP contribution in [0.25, 0.3) is 0 Å². The zero-order valence-electron chi connectivity index (χ0n) is 18.9. The molecular formula is C24H30FN5O2. The van der Waals surface area contributed by atoms with Crippen LogP contribution in [0.5, 0.6) is 0 Å². The number of benzene rings is 1. The second kappa shape index (κ2) is 9.22. The average molecular weight is 440 g/mol. The Hall–Kier alpha value is -3.03. The zero-order chi connectivity index (χ0) is 22.8. The van der Waals surface area contributed by atoms with E-state index in [1.54, 1.807) is 17.0 Å². The van der Waals surface area contributed by atoms with Gasteiger partial charge in [-0.2, -0.15) is 0 Å². The fourth-order valence-electron chi connectivity index (χ4n) is 4.48. The lowest BCUT2D eigenvalue weighted by atomic mass is 9.95. The first-order valence-electron chi connectivity index (χ1n) is 11.3. The van der Waals surface area contributed by atoms with Gasteiger partial charge in [0.25, 0.3) is 0 Å². The zero-order valence-corrected chi connectivity index (χ0v) is 18.9. The number of aromatic nitrogens is 2. The summed E-state index contributed by atoms with van der Waals surface area (Å²) in [6.45, 7) is 3.85. The minimum absolute atomic E-state index is 0.0135. The van der Waals surface area contributed by atoms with Gasteiger partial charge in [0.15, 0.2) is 0 Å². The van der Waals surface area contributed by atoms with E-state index in [2.05, 4.69) is 0 Å². The lowest BCUT2D eigenvalue weighted by Crippen LogP contribution is -2.37. The molecular weight excluding hydrogens is 409 g/mol. The van der Waals surface area contributed by atoms with Gasteiger partial charge >= 0.3 is 0 Å². The fourth-order valence-corrected chi connectivity index (χ4v) is 4.48. The van der Waals surface area contributed by atoms with Gasteiger partial charge in [0.05, 0.1) is 5.69 Å². The van der Waals surface area contributed by atoms with Crippen molar-refractivity contribution < 1.29 is 14.0 Å². The summed E-state index contributed by atoms with van der Waals surface area (Å²) in [7, 11) is 3.89. The lowest BCUT2D eigenvalue weighted by molar-refractivity contribution is -0.131. The molecule has 2 amide bonds. The van der Waals surface area contributed by atoms with Gasteiger partial charge in [0.1, 0.15) is 17.5 Å². The monoisotopic (exact) mass is 439 g/mol. The third kappa shape index (κ3) is 4.59. The number of piperidine rings is 1. The molecule has 4 rings (SSSR count). The molecule has 2 aliphatic rings. The largest absolute Gasteiger partial charge is 0.363 e. The number of carbonyl (C=O) groups is 2. The molecule has 1 atom stereocenters. The van der Waals surface area contributed by atoms with E-state index in [-0.39, 0.29) is 29.5 Å². The number of amides is 2. The Bertz CT molecular complexity index is 986. The maximum atomic E-state index is 13.3. The Morgan fingerprint density at radius 2 is 1.81 bits per heavy atom. The maximum absolute atomic E-state index is 13.3. The minimum atomic E-state index is -0.320. The molecule has 2 saturated heterocycles. The van der Waals surface area contributed by atoms with Crippen molar-refractivity contribution >= 4 is 23.3 Å². The van der Waals surface area contributed by atoms with Gasteiger partial charge in [-0.25, -0.2) is 14.4 Å². The van der Waals surface area contributed by atoms with E-state index < -0.39 is 0 Å². The van der Waals surface area contributed by atoms with E-state index in [1.807, 2.05) is 36.9 Å². The molecule has 170 valence electrons. The summed E-state index contributed by atoms with van der Waals surface area (Å²) < 4.78 is 13.3. The predicted molar refractivity (Wildman–Crippen MR) is 121 cm³/mol. The molecule has 2 aromatic rings. The third-order valence-corrected chi connectivity index (χ3v) is 6.40. The Balaban J connectivity index is 1.55. The SMILES string of the molecule is CCC(=O)N1CCC(c2nc([C@@H]3CC(=O)N(c4ccc(F)cc4)C3)cc(N(C)C)n2)CC1. The number of anilines is 2. The Labute approximate surface area is 188 Å². The number of likely N-dealkylation sites (tertiary alicyclic amines) is 1. The van der Waals surface area contributed by atoms with Crippen molar-refractivity contribution in [2.24, 2.45) is 0 Å². The highest BCUT2D eigenvalue weighted by molar-refractivity contribution is 5.96. The first kappa shape index (κ1) is 22.2. The number of hydrogen-bond donors (Lipinski definition) is 0. The van der Waals surface area contributed by atoms with Crippen LogP contribution in [0.4, 0.5) is 15.9 Å². The molecule has 0 unspecified atom stereocenters. The molecule has 8 heteroatoms. The molecule has 1 aromatic heterocycles. The molecule has 2 aliphatic heterocycles. The summed E-state index contributed by atoms with van der Waals surface area (Å²) in [4.78, 5) is 40.0. The standard InChI is InChI=1S/C24H30FN5O2/c1-4-22(31)29-11-9-16(10-12-29)24-26-20(14-21(27-24)28(2)3)17-13-23(32)30(15-17)19-7-5-18(25)6-8-19/h5-8,14,16-17H,4,9-13,15H2,1-3H3/t17-/m1/s1. The van der Waals surface area contributed by atoms with Crippen LogP contribution in [-0.4, -0.2) is 60.4 Å². The highest BCUT2D eigenvalue weighted by Gasteiger charge is 2.34. The summed E-state index contributed by atoms with van der Waals surface area (Å²) in [5.41, 5.74) is 1.57. The Morgan fingerprint density at radius 3 is 2.44 bits per heavy atom. The van der Waals surface area contributed by atoms with Gasteiger partial charge in [0, 0.05) is 70.2 Å².